The van der Waals surface area contributed by atoms with Crippen LogP contribution < -0.4 is 5.32 Å². The number of aliphatic hydroxyl groups is 1. The molecule has 0 radical (unpaired) electrons. The van der Waals surface area contributed by atoms with Crippen molar-refractivity contribution < 1.29 is 36.6 Å². The second-order valence-electron chi connectivity index (χ2n) is 8.98. The van der Waals surface area contributed by atoms with Gasteiger partial charge >= 0.3 is 0 Å². The van der Waals surface area contributed by atoms with Gasteiger partial charge in [-0.2, -0.15) is 5.26 Å². The van der Waals surface area contributed by atoms with Crippen LogP contribution >= 0.6 is 11.6 Å². The maximum atomic E-state index is 14.2. The van der Waals surface area contributed by atoms with Crippen LogP contribution in [-0.2, 0) is 15.4 Å². The lowest BCUT2D eigenvalue weighted by atomic mass is 9.86. The van der Waals surface area contributed by atoms with Crippen LogP contribution in [0.4, 0.5) is 13.2 Å². The summed E-state index contributed by atoms with van der Waals surface area (Å²) in [5.41, 5.74) is -3.15. The fourth-order valence-electron chi connectivity index (χ4n) is 4.35. The quantitative estimate of drug-likeness (QED) is 0.240. The van der Waals surface area contributed by atoms with Crippen LogP contribution in [0, 0.1) is 28.8 Å². The van der Waals surface area contributed by atoms with Crippen molar-refractivity contribution in [2.45, 2.75) is 15.7 Å². The van der Waals surface area contributed by atoms with E-state index in [4.69, 9.17) is 11.6 Å². The Bertz CT molecular complexity index is 1780. The number of nitrogens with zero attached hydrogens (tertiary/aromatic N) is 1. The summed E-state index contributed by atoms with van der Waals surface area (Å²) < 4.78 is 70.1. The highest BCUT2D eigenvalue weighted by molar-refractivity contribution is 7.91. The van der Waals surface area contributed by atoms with E-state index in [-0.39, 0.29) is 33.0 Å². The number of hydrogen-bond donors (Lipinski definition) is 3. The van der Waals surface area contributed by atoms with Gasteiger partial charge in [0, 0.05) is 0 Å². The molecule has 0 aromatic heterocycles. The molecule has 0 saturated heterocycles. The number of para-hydroxylation sites is 1. The van der Waals surface area contributed by atoms with Crippen molar-refractivity contribution in [3.05, 3.63) is 130 Å². The van der Waals surface area contributed by atoms with Gasteiger partial charge in [0.1, 0.15) is 28.5 Å². The van der Waals surface area contributed by atoms with E-state index in [1.807, 2.05) is 6.07 Å². The first-order valence-corrected chi connectivity index (χ1v) is 13.7. The topological polar surface area (TPSA) is 127 Å². The number of benzene rings is 4. The second kappa shape index (κ2) is 11.6. The number of nitriles is 1. The van der Waals surface area contributed by atoms with Gasteiger partial charge in [-0.3, -0.25) is 4.79 Å². The highest BCUT2D eigenvalue weighted by Crippen LogP contribution is 2.45. The van der Waals surface area contributed by atoms with Gasteiger partial charge in [-0.05, 0) is 65.7 Å². The van der Waals surface area contributed by atoms with E-state index >= 15 is 0 Å². The lowest BCUT2D eigenvalue weighted by Gasteiger charge is -2.37. The van der Waals surface area contributed by atoms with E-state index in [0.29, 0.717) is 12.1 Å². The Morgan fingerprint density at radius 1 is 0.976 bits per heavy atom. The molecule has 0 heterocycles. The number of aromatic hydroxyl groups is 1. The van der Waals surface area contributed by atoms with Crippen molar-refractivity contribution in [3.8, 4) is 11.8 Å². The number of rotatable bonds is 8. The zero-order valence-electron chi connectivity index (χ0n) is 20.9. The summed E-state index contributed by atoms with van der Waals surface area (Å²) in [7, 11) is -4.86. The summed E-state index contributed by atoms with van der Waals surface area (Å²) in [5, 5.41) is 31.8. The highest BCUT2D eigenvalue weighted by atomic mass is 35.5. The molecule has 0 spiro atoms. The number of phenols is 1. The number of hydrogen-bond acceptors (Lipinski definition) is 6. The smallest absolute Gasteiger partial charge is 0.255 e. The van der Waals surface area contributed by atoms with Crippen molar-refractivity contribution in [2.24, 2.45) is 0 Å². The Morgan fingerprint density at radius 3 is 2.27 bits per heavy atom. The second-order valence-corrected chi connectivity index (χ2v) is 11.4. The van der Waals surface area contributed by atoms with Gasteiger partial charge in [-0.25, -0.2) is 21.6 Å². The third kappa shape index (κ3) is 5.90. The van der Waals surface area contributed by atoms with Crippen LogP contribution in [0.2, 0.25) is 5.02 Å². The Morgan fingerprint density at radius 2 is 1.66 bits per heavy atom. The maximum Gasteiger partial charge on any atom is 0.255 e. The van der Waals surface area contributed by atoms with Crippen molar-refractivity contribution >= 4 is 27.3 Å². The molecule has 2 unspecified atom stereocenters. The minimum atomic E-state index is -4.86. The first kappa shape index (κ1) is 29.6. The number of amides is 1. The third-order valence-electron chi connectivity index (χ3n) is 6.39. The molecule has 41 heavy (non-hydrogen) atoms. The average molecular weight is 601 g/mol. The molecular weight excluding hydrogens is 581 g/mol. The van der Waals surface area contributed by atoms with Gasteiger partial charge in [-0.15, -0.1) is 0 Å². The third-order valence-corrected chi connectivity index (χ3v) is 8.90. The van der Waals surface area contributed by atoms with Crippen LogP contribution in [0.5, 0.6) is 5.75 Å². The highest BCUT2D eigenvalue weighted by Gasteiger charge is 2.48. The fourth-order valence-corrected chi connectivity index (χ4v) is 6.61. The summed E-state index contributed by atoms with van der Waals surface area (Å²) in [6.45, 7) is -0.822. The molecule has 4 aromatic rings. The normalized spacial score (nSPS) is 13.6. The molecule has 4 aromatic carbocycles. The zero-order chi connectivity index (χ0) is 29.9. The molecule has 4 rings (SSSR count). The van der Waals surface area contributed by atoms with E-state index in [1.165, 1.54) is 36.4 Å². The molecule has 0 fully saturated rings. The number of sulfone groups is 1. The van der Waals surface area contributed by atoms with Gasteiger partial charge in [0.15, 0.2) is 21.5 Å². The standard InChI is InChI=1S/C29H20ClF3N2O5S/c30-23-13-17(5-6-18(23)15-34)27(41(39,40)21-11-12-24(32)25(33)14-21)29(38,19-7-9-20(31)10-8-19)16-35-28(37)22-3-1-2-4-26(22)36/h1-14,27,36,38H,16H2,(H,35,37). The van der Waals surface area contributed by atoms with Crippen molar-refractivity contribution in [3.63, 3.8) is 0 Å². The number of halogens is 4. The summed E-state index contributed by atoms with van der Waals surface area (Å²) >= 11 is 6.20. The minimum absolute atomic E-state index is 0.0161. The molecule has 0 aliphatic heterocycles. The van der Waals surface area contributed by atoms with Gasteiger partial charge in [0.05, 0.1) is 27.6 Å². The molecule has 3 N–H and O–H groups in total. The molecule has 12 heteroatoms. The molecule has 210 valence electrons. The number of carbonyl (C=O) groups excluding carboxylic acids is 1. The lowest BCUT2D eigenvalue weighted by Crippen LogP contribution is -2.47. The molecule has 0 aliphatic carbocycles. The van der Waals surface area contributed by atoms with E-state index in [2.05, 4.69) is 5.32 Å². The van der Waals surface area contributed by atoms with E-state index < -0.39 is 55.5 Å². The number of phenolic OH excluding ortho intramolecular Hbond substituents is 1. The monoisotopic (exact) mass is 600 g/mol. The zero-order valence-corrected chi connectivity index (χ0v) is 22.4. The van der Waals surface area contributed by atoms with Crippen molar-refractivity contribution in [2.75, 3.05) is 6.54 Å². The maximum absolute atomic E-state index is 14.2. The van der Waals surface area contributed by atoms with Crippen LogP contribution in [0.1, 0.15) is 32.3 Å². The van der Waals surface area contributed by atoms with Gasteiger partial charge in [-0.1, -0.05) is 41.9 Å². The predicted octanol–water partition coefficient (Wildman–Crippen LogP) is 5.17. The van der Waals surface area contributed by atoms with Crippen LogP contribution in [0.3, 0.4) is 0 Å². The molecule has 2 atom stereocenters. The van der Waals surface area contributed by atoms with Crippen molar-refractivity contribution in [1.82, 2.24) is 5.32 Å². The molecule has 7 nitrogen and oxygen atoms in total. The Hall–Kier alpha value is -4.37. The first-order chi connectivity index (χ1) is 19.4. The summed E-state index contributed by atoms with van der Waals surface area (Å²) in [4.78, 5) is 12.2. The number of carbonyl (C=O) groups is 1. The largest absolute Gasteiger partial charge is 0.507 e. The SMILES string of the molecule is N#Cc1ccc(C(C(O)(CNC(=O)c2ccccc2O)c2ccc(F)cc2)S(=O)(=O)c2ccc(F)c(F)c2)cc1Cl. The Kier molecular flexibility index (Phi) is 8.39. The van der Waals surface area contributed by atoms with Gasteiger partial charge in [0.25, 0.3) is 5.91 Å². The lowest BCUT2D eigenvalue weighted by molar-refractivity contribution is 0.0298. The predicted molar refractivity (Wildman–Crippen MR) is 143 cm³/mol. The number of nitrogens with one attached hydrogen (secondary N) is 1. The average Bonchev–Trinajstić information content (AvgIpc) is 2.94. The van der Waals surface area contributed by atoms with E-state index in [1.54, 1.807) is 0 Å². The fraction of sp³-hybridized carbons (Fsp3) is 0.103. The van der Waals surface area contributed by atoms with Gasteiger partial charge < -0.3 is 15.5 Å². The molecule has 1 amide bonds. The Balaban J connectivity index is 1.95. The summed E-state index contributed by atoms with van der Waals surface area (Å²) in [5.74, 6) is -4.77. The van der Waals surface area contributed by atoms with E-state index in [9.17, 15) is 41.9 Å². The molecular formula is C29H20ClF3N2O5S. The Labute approximate surface area is 238 Å². The van der Waals surface area contributed by atoms with Crippen LogP contribution in [0.15, 0.2) is 89.8 Å². The molecule has 0 saturated carbocycles. The summed E-state index contributed by atoms with van der Waals surface area (Å²) in [6.07, 6.45) is 0. The molecule has 0 bridgehead atoms. The van der Waals surface area contributed by atoms with Crippen LogP contribution in [0.25, 0.3) is 0 Å². The molecule has 0 aliphatic rings. The van der Waals surface area contributed by atoms with Gasteiger partial charge in [0.2, 0.25) is 0 Å². The van der Waals surface area contributed by atoms with Crippen LogP contribution in [-0.4, -0.2) is 31.1 Å². The minimum Gasteiger partial charge on any atom is -0.507 e. The van der Waals surface area contributed by atoms with E-state index in [0.717, 1.165) is 36.4 Å². The van der Waals surface area contributed by atoms with Crippen molar-refractivity contribution in [1.29, 1.82) is 5.26 Å². The first-order valence-electron chi connectivity index (χ1n) is 11.8. The summed E-state index contributed by atoms with van der Waals surface area (Å²) in [6, 6.07) is 16.8.